The highest BCUT2D eigenvalue weighted by Crippen LogP contribution is 2.17. The van der Waals surface area contributed by atoms with Crippen LogP contribution < -0.4 is 10.2 Å². The Hall–Kier alpha value is -2.91. The SMILES string of the molecule is Cc1ccccc1NC(=O)c1ccc(C[NH+]2CCC(Cc3ccccc3)CC2)cc1. The van der Waals surface area contributed by atoms with E-state index in [1.54, 1.807) is 4.90 Å². The fourth-order valence-electron chi connectivity index (χ4n) is 4.38. The van der Waals surface area contributed by atoms with Gasteiger partial charge < -0.3 is 10.2 Å². The van der Waals surface area contributed by atoms with Crippen LogP contribution in [0.15, 0.2) is 78.9 Å². The van der Waals surface area contributed by atoms with E-state index in [-0.39, 0.29) is 5.91 Å². The zero-order valence-electron chi connectivity index (χ0n) is 17.7. The van der Waals surface area contributed by atoms with Gasteiger partial charge >= 0.3 is 0 Å². The number of benzene rings is 3. The first-order chi connectivity index (χ1) is 14.7. The molecule has 2 N–H and O–H groups in total. The molecule has 3 nitrogen and oxygen atoms in total. The Bertz CT molecular complexity index is 958. The number of carbonyl (C=O) groups excluding carboxylic acids is 1. The molecule has 0 spiro atoms. The normalized spacial score (nSPS) is 18.7. The second kappa shape index (κ2) is 9.73. The average molecular weight is 400 g/mol. The van der Waals surface area contributed by atoms with Gasteiger partial charge in [-0.3, -0.25) is 4.79 Å². The fraction of sp³-hybridized carbons (Fsp3) is 0.296. The van der Waals surface area contributed by atoms with Crippen LogP contribution in [0.1, 0.15) is 39.9 Å². The molecule has 1 aliphatic rings. The summed E-state index contributed by atoms with van der Waals surface area (Å²) >= 11 is 0. The lowest BCUT2D eigenvalue weighted by molar-refractivity contribution is -0.919. The standard InChI is InChI=1S/C27H30N2O/c1-21-7-5-6-10-26(21)28-27(30)25-13-11-24(12-14-25)20-29-17-15-23(16-18-29)19-22-8-3-2-4-9-22/h2-14,23H,15-20H2,1H3,(H,28,30)/p+1. The van der Waals surface area contributed by atoms with Crippen molar-refractivity contribution in [2.24, 2.45) is 5.92 Å². The van der Waals surface area contributed by atoms with Gasteiger partial charge in [0.1, 0.15) is 6.54 Å². The first-order valence-corrected chi connectivity index (χ1v) is 11.0. The molecule has 0 bridgehead atoms. The highest BCUT2D eigenvalue weighted by atomic mass is 16.1. The van der Waals surface area contributed by atoms with E-state index in [4.69, 9.17) is 0 Å². The van der Waals surface area contributed by atoms with Gasteiger partial charge in [-0.25, -0.2) is 0 Å². The summed E-state index contributed by atoms with van der Waals surface area (Å²) in [5.41, 5.74) is 5.42. The molecule has 1 aliphatic heterocycles. The molecule has 0 saturated carbocycles. The van der Waals surface area contributed by atoms with Crippen molar-refractivity contribution >= 4 is 11.6 Å². The van der Waals surface area contributed by atoms with Crippen LogP contribution in [0.2, 0.25) is 0 Å². The first kappa shape index (κ1) is 20.4. The van der Waals surface area contributed by atoms with Crippen LogP contribution in [-0.2, 0) is 13.0 Å². The predicted molar refractivity (Wildman–Crippen MR) is 123 cm³/mol. The van der Waals surface area contributed by atoms with Crippen LogP contribution in [0, 0.1) is 12.8 Å². The number of quaternary nitrogens is 1. The van der Waals surface area contributed by atoms with Gasteiger partial charge in [-0.1, -0.05) is 60.7 Å². The van der Waals surface area contributed by atoms with Crippen LogP contribution >= 0.6 is 0 Å². The molecule has 4 rings (SSSR count). The monoisotopic (exact) mass is 399 g/mol. The maximum Gasteiger partial charge on any atom is 0.255 e. The lowest BCUT2D eigenvalue weighted by atomic mass is 9.90. The van der Waals surface area contributed by atoms with E-state index >= 15 is 0 Å². The molecule has 154 valence electrons. The van der Waals surface area contributed by atoms with Crippen molar-refractivity contribution < 1.29 is 9.69 Å². The highest BCUT2D eigenvalue weighted by Gasteiger charge is 2.22. The summed E-state index contributed by atoms with van der Waals surface area (Å²) in [6.07, 6.45) is 3.79. The third-order valence-corrected chi connectivity index (χ3v) is 6.24. The van der Waals surface area contributed by atoms with Gasteiger partial charge in [0, 0.05) is 16.8 Å². The summed E-state index contributed by atoms with van der Waals surface area (Å²) in [6, 6.07) is 26.8. The molecule has 0 atom stereocenters. The second-order valence-corrected chi connectivity index (χ2v) is 8.53. The van der Waals surface area contributed by atoms with Crippen LogP contribution in [0.25, 0.3) is 0 Å². The molecule has 1 fully saturated rings. The van der Waals surface area contributed by atoms with Gasteiger partial charge in [-0.2, -0.15) is 0 Å². The molecule has 0 radical (unpaired) electrons. The zero-order chi connectivity index (χ0) is 20.8. The second-order valence-electron chi connectivity index (χ2n) is 8.53. The van der Waals surface area contributed by atoms with E-state index in [0.717, 1.165) is 23.7 Å². The molecule has 3 aromatic rings. The molecule has 0 unspecified atom stereocenters. The Morgan fingerprint density at radius 3 is 2.23 bits per heavy atom. The minimum atomic E-state index is -0.0510. The molecular weight excluding hydrogens is 368 g/mol. The number of hydrogen-bond acceptors (Lipinski definition) is 1. The molecule has 1 saturated heterocycles. The van der Waals surface area contributed by atoms with E-state index in [0.29, 0.717) is 5.56 Å². The van der Waals surface area contributed by atoms with E-state index in [1.165, 1.54) is 43.5 Å². The summed E-state index contributed by atoms with van der Waals surface area (Å²) in [6.45, 7) is 5.50. The number of carbonyl (C=O) groups is 1. The maximum atomic E-state index is 12.5. The number of para-hydroxylation sites is 1. The van der Waals surface area contributed by atoms with Gasteiger partial charge in [-0.15, -0.1) is 0 Å². The number of hydrogen-bond donors (Lipinski definition) is 2. The average Bonchev–Trinajstić information content (AvgIpc) is 2.78. The topological polar surface area (TPSA) is 33.5 Å². The number of nitrogens with one attached hydrogen (secondary N) is 2. The number of anilines is 1. The zero-order valence-corrected chi connectivity index (χ0v) is 17.7. The highest BCUT2D eigenvalue weighted by molar-refractivity contribution is 6.04. The molecule has 1 heterocycles. The van der Waals surface area contributed by atoms with Gasteiger partial charge in [0.2, 0.25) is 0 Å². The molecule has 1 amide bonds. The summed E-state index contributed by atoms with van der Waals surface area (Å²) in [5, 5.41) is 3.01. The van der Waals surface area contributed by atoms with E-state index in [2.05, 4.69) is 47.8 Å². The Kier molecular flexibility index (Phi) is 6.60. The molecule has 0 aliphatic carbocycles. The Morgan fingerprint density at radius 2 is 1.53 bits per heavy atom. The van der Waals surface area contributed by atoms with Crippen molar-refractivity contribution in [3.05, 3.63) is 101 Å². The number of piperidine rings is 1. The number of amides is 1. The third kappa shape index (κ3) is 5.37. The minimum Gasteiger partial charge on any atom is -0.331 e. The summed E-state index contributed by atoms with van der Waals surface area (Å²) in [5.74, 6) is 0.758. The molecule has 0 aromatic heterocycles. The Labute approximate surface area is 179 Å². The first-order valence-electron chi connectivity index (χ1n) is 11.0. The lowest BCUT2D eigenvalue weighted by Crippen LogP contribution is -3.11. The van der Waals surface area contributed by atoms with E-state index < -0.39 is 0 Å². The predicted octanol–water partition coefficient (Wildman–Crippen LogP) is 4.28. The maximum absolute atomic E-state index is 12.5. The Morgan fingerprint density at radius 1 is 0.867 bits per heavy atom. The smallest absolute Gasteiger partial charge is 0.255 e. The quantitative estimate of drug-likeness (QED) is 0.637. The third-order valence-electron chi connectivity index (χ3n) is 6.24. The van der Waals surface area contributed by atoms with E-state index in [9.17, 15) is 4.79 Å². The number of rotatable bonds is 6. The van der Waals surface area contributed by atoms with Crippen LogP contribution in [-0.4, -0.2) is 19.0 Å². The van der Waals surface area contributed by atoms with Crippen molar-refractivity contribution in [1.82, 2.24) is 0 Å². The van der Waals surface area contributed by atoms with Crippen LogP contribution in [0.3, 0.4) is 0 Å². The van der Waals surface area contributed by atoms with Crippen LogP contribution in [0.4, 0.5) is 5.69 Å². The van der Waals surface area contributed by atoms with Crippen molar-refractivity contribution in [2.75, 3.05) is 18.4 Å². The van der Waals surface area contributed by atoms with E-state index in [1.807, 2.05) is 43.3 Å². The molecule has 3 aromatic carbocycles. The Balaban J connectivity index is 1.27. The van der Waals surface area contributed by atoms with Crippen molar-refractivity contribution in [2.45, 2.75) is 32.7 Å². The van der Waals surface area contributed by atoms with Gasteiger partial charge in [-0.05, 0) is 61.4 Å². The summed E-state index contributed by atoms with van der Waals surface area (Å²) < 4.78 is 0. The summed E-state index contributed by atoms with van der Waals surface area (Å²) in [7, 11) is 0. The molecular formula is C27H31N2O+. The number of aryl methyl sites for hydroxylation is 1. The largest absolute Gasteiger partial charge is 0.331 e. The number of likely N-dealkylation sites (tertiary alicyclic amines) is 1. The summed E-state index contributed by atoms with van der Waals surface area (Å²) in [4.78, 5) is 14.2. The van der Waals surface area contributed by atoms with Crippen LogP contribution in [0.5, 0.6) is 0 Å². The van der Waals surface area contributed by atoms with Crippen molar-refractivity contribution in [3.8, 4) is 0 Å². The lowest BCUT2D eigenvalue weighted by Gasteiger charge is -2.29. The minimum absolute atomic E-state index is 0.0510. The van der Waals surface area contributed by atoms with Crippen molar-refractivity contribution in [1.29, 1.82) is 0 Å². The van der Waals surface area contributed by atoms with Gasteiger partial charge in [0.05, 0.1) is 13.1 Å². The van der Waals surface area contributed by atoms with Crippen molar-refractivity contribution in [3.63, 3.8) is 0 Å². The fourth-order valence-corrected chi connectivity index (χ4v) is 4.38. The molecule has 3 heteroatoms. The van der Waals surface area contributed by atoms with Gasteiger partial charge in [0.15, 0.2) is 0 Å². The van der Waals surface area contributed by atoms with Gasteiger partial charge in [0.25, 0.3) is 5.91 Å². The molecule has 30 heavy (non-hydrogen) atoms.